The van der Waals surface area contributed by atoms with Gasteiger partial charge >= 0.3 is 0 Å². The number of rotatable bonds is 4. The predicted octanol–water partition coefficient (Wildman–Crippen LogP) is 2.77. The molecule has 1 aromatic rings. The molecule has 0 bridgehead atoms. The van der Waals surface area contributed by atoms with Gasteiger partial charge in [0.2, 0.25) is 5.91 Å². The SMILES string of the molecule is Cc1ncsc1CN(C)C(=O)C[C@@H]1CCC[C@H]1N.Cl.Cl. The highest BCUT2D eigenvalue weighted by Gasteiger charge is 2.27. The van der Waals surface area contributed by atoms with Gasteiger partial charge in [-0.2, -0.15) is 0 Å². The minimum absolute atomic E-state index is 0. The van der Waals surface area contributed by atoms with Gasteiger partial charge in [0.25, 0.3) is 0 Å². The van der Waals surface area contributed by atoms with Gasteiger partial charge in [0.05, 0.1) is 17.7 Å². The summed E-state index contributed by atoms with van der Waals surface area (Å²) in [7, 11) is 1.86. The van der Waals surface area contributed by atoms with Gasteiger partial charge in [0.1, 0.15) is 0 Å². The Morgan fingerprint density at radius 1 is 1.50 bits per heavy atom. The number of amides is 1. The van der Waals surface area contributed by atoms with Crippen molar-refractivity contribution < 1.29 is 4.79 Å². The van der Waals surface area contributed by atoms with Crippen LogP contribution in [0.3, 0.4) is 0 Å². The molecule has 1 amide bonds. The largest absolute Gasteiger partial charge is 0.341 e. The molecule has 116 valence electrons. The second kappa shape index (κ2) is 8.82. The molecule has 2 atom stereocenters. The average molecular weight is 340 g/mol. The molecule has 1 aromatic heterocycles. The van der Waals surface area contributed by atoms with E-state index in [0.717, 1.165) is 25.0 Å². The van der Waals surface area contributed by atoms with Crippen LogP contribution in [0.1, 0.15) is 36.3 Å². The molecule has 1 fully saturated rings. The number of carbonyl (C=O) groups is 1. The number of hydrogen-bond acceptors (Lipinski definition) is 4. The molecule has 0 aromatic carbocycles. The fraction of sp³-hybridized carbons (Fsp3) is 0.692. The Labute approximate surface area is 137 Å². The van der Waals surface area contributed by atoms with Crippen LogP contribution in [0.4, 0.5) is 0 Å². The third-order valence-corrected chi connectivity index (χ3v) is 4.73. The lowest BCUT2D eigenvalue weighted by molar-refractivity contribution is -0.131. The molecule has 0 saturated heterocycles. The molecule has 20 heavy (non-hydrogen) atoms. The zero-order valence-electron chi connectivity index (χ0n) is 11.9. The highest BCUT2D eigenvalue weighted by molar-refractivity contribution is 7.09. The van der Waals surface area contributed by atoms with Gasteiger partial charge in [-0.15, -0.1) is 36.2 Å². The van der Waals surface area contributed by atoms with Crippen LogP contribution in [0.2, 0.25) is 0 Å². The third kappa shape index (κ3) is 4.88. The Balaban J connectivity index is 0.00000180. The van der Waals surface area contributed by atoms with Gasteiger partial charge in [0, 0.05) is 24.4 Å². The summed E-state index contributed by atoms with van der Waals surface area (Å²) < 4.78 is 0. The molecule has 4 nitrogen and oxygen atoms in total. The number of thiazole rings is 1. The highest BCUT2D eigenvalue weighted by atomic mass is 35.5. The Bertz CT molecular complexity index is 428. The van der Waals surface area contributed by atoms with Gasteiger partial charge in [-0.25, -0.2) is 4.98 Å². The summed E-state index contributed by atoms with van der Waals surface area (Å²) in [6.07, 6.45) is 3.92. The lowest BCUT2D eigenvalue weighted by atomic mass is 9.99. The molecule has 0 aliphatic heterocycles. The summed E-state index contributed by atoms with van der Waals surface area (Å²) in [6, 6.07) is 0.215. The van der Waals surface area contributed by atoms with Crippen molar-refractivity contribution in [2.45, 2.75) is 45.2 Å². The van der Waals surface area contributed by atoms with E-state index in [1.54, 1.807) is 16.2 Å². The van der Waals surface area contributed by atoms with Crippen LogP contribution in [-0.2, 0) is 11.3 Å². The lowest BCUT2D eigenvalue weighted by Crippen LogP contribution is -2.32. The van der Waals surface area contributed by atoms with E-state index in [-0.39, 0.29) is 36.8 Å². The molecule has 1 aliphatic carbocycles. The van der Waals surface area contributed by atoms with E-state index in [2.05, 4.69) is 4.98 Å². The van der Waals surface area contributed by atoms with Crippen LogP contribution in [0.25, 0.3) is 0 Å². The first-order valence-corrected chi connectivity index (χ1v) is 7.34. The van der Waals surface area contributed by atoms with Crippen molar-refractivity contribution in [2.24, 2.45) is 11.7 Å². The highest BCUT2D eigenvalue weighted by Crippen LogP contribution is 2.27. The van der Waals surface area contributed by atoms with Crippen molar-refractivity contribution in [2.75, 3.05) is 7.05 Å². The fourth-order valence-electron chi connectivity index (χ4n) is 2.48. The van der Waals surface area contributed by atoms with Crippen molar-refractivity contribution in [1.29, 1.82) is 0 Å². The number of carbonyl (C=O) groups excluding carboxylic acids is 1. The number of halogens is 2. The van der Waals surface area contributed by atoms with Crippen LogP contribution in [0, 0.1) is 12.8 Å². The Morgan fingerprint density at radius 3 is 2.70 bits per heavy atom. The molecular formula is C13H23Cl2N3OS. The Kier molecular flexibility index (Phi) is 8.66. The van der Waals surface area contributed by atoms with Crippen LogP contribution in [-0.4, -0.2) is 28.9 Å². The average Bonchev–Trinajstić information content (AvgIpc) is 2.90. The van der Waals surface area contributed by atoms with Gasteiger partial charge in [-0.3, -0.25) is 4.79 Å². The first kappa shape index (κ1) is 19.6. The van der Waals surface area contributed by atoms with Crippen molar-refractivity contribution in [3.8, 4) is 0 Å². The number of hydrogen-bond donors (Lipinski definition) is 1. The number of aromatic nitrogens is 1. The van der Waals surface area contributed by atoms with Crippen molar-refractivity contribution in [1.82, 2.24) is 9.88 Å². The second-order valence-corrected chi connectivity index (χ2v) is 6.11. The van der Waals surface area contributed by atoms with Crippen molar-refractivity contribution in [3.63, 3.8) is 0 Å². The predicted molar refractivity (Wildman–Crippen MR) is 87.8 cm³/mol. The maximum Gasteiger partial charge on any atom is 0.222 e. The Hall–Kier alpha value is -0.360. The summed E-state index contributed by atoms with van der Waals surface area (Å²) in [6.45, 7) is 2.65. The van der Waals surface area contributed by atoms with Crippen LogP contribution >= 0.6 is 36.2 Å². The van der Waals surface area contributed by atoms with Crippen molar-refractivity contribution in [3.05, 3.63) is 16.1 Å². The lowest BCUT2D eigenvalue weighted by Gasteiger charge is -2.20. The van der Waals surface area contributed by atoms with Crippen LogP contribution in [0.5, 0.6) is 0 Å². The van der Waals surface area contributed by atoms with E-state index in [1.165, 1.54) is 4.88 Å². The van der Waals surface area contributed by atoms with Gasteiger partial charge in [-0.05, 0) is 25.7 Å². The maximum atomic E-state index is 12.1. The minimum atomic E-state index is 0. The smallest absolute Gasteiger partial charge is 0.222 e. The fourth-order valence-corrected chi connectivity index (χ4v) is 3.31. The zero-order chi connectivity index (χ0) is 13.1. The van der Waals surface area contributed by atoms with E-state index in [0.29, 0.717) is 18.9 Å². The number of aryl methyl sites for hydroxylation is 1. The molecular weight excluding hydrogens is 317 g/mol. The number of nitrogens with two attached hydrogens (primary N) is 1. The molecule has 1 aliphatic rings. The standard InChI is InChI=1S/C13H21N3OS.2ClH/c1-9-12(18-8-15-9)7-16(2)13(17)6-10-4-3-5-11(10)14;;/h8,10-11H,3-7,14H2,1-2H3;2*1H/t10-,11+;;/m0../s1. The van der Waals surface area contributed by atoms with E-state index in [1.807, 2.05) is 19.5 Å². The molecule has 0 unspecified atom stereocenters. The van der Waals surface area contributed by atoms with E-state index in [4.69, 9.17) is 5.73 Å². The summed E-state index contributed by atoms with van der Waals surface area (Å²) in [4.78, 5) is 19.3. The number of nitrogens with zero attached hydrogens (tertiary/aromatic N) is 2. The summed E-state index contributed by atoms with van der Waals surface area (Å²) >= 11 is 1.61. The first-order chi connectivity index (χ1) is 8.58. The molecule has 1 heterocycles. The third-order valence-electron chi connectivity index (χ3n) is 3.81. The van der Waals surface area contributed by atoms with E-state index >= 15 is 0 Å². The van der Waals surface area contributed by atoms with Gasteiger partial charge < -0.3 is 10.6 Å². The second-order valence-electron chi connectivity index (χ2n) is 5.17. The molecule has 2 rings (SSSR count). The maximum absolute atomic E-state index is 12.1. The summed E-state index contributed by atoms with van der Waals surface area (Å²) in [5.74, 6) is 0.577. The topological polar surface area (TPSA) is 59.2 Å². The Morgan fingerprint density at radius 2 is 2.20 bits per heavy atom. The minimum Gasteiger partial charge on any atom is -0.341 e. The zero-order valence-corrected chi connectivity index (χ0v) is 14.3. The normalized spacial score (nSPS) is 20.9. The van der Waals surface area contributed by atoms with Crippen molar-refractivity contribution >= 4 is 42.1 Å². The van der Waals surface area contributed by atoms with Gasteiger partial charge in [0.15, 0.2) is 0 Å². The quantitative estimate of drug-likeness (QED) is 0.917. The molecule has 0 radical (unpaired) electrons. The molecule has 0 spiro atoms. The summed E-state index contributed by atoms with van der Waals surface area (Å²) in [5, 5.41) is 0. The van der Waals surface area contributed by atoms with Crippen LogP contribution < -0.4 is 5.73 Å². The van der Waals surface area contributed by atoms with Gasteiger partial charge in [-0.1, -0.05) is 6.42 Å². The van der Waals surface area contributed by atoms with E-state index in [9.17, 15) is 4.79 Å². The van der Waals surface area contributed by atoms with E-state index < -0.39 is 0 Å². The molecule has 2 N–H and O–H groups in total. The van der Waals surface area contributed by atoms with Crippen LogP contribution in [0.15, 0.2) is 5.51 Å². The summed E-state index contributed by atoms with van der Waals surface area (Å²) in [5.41, 5.74) is 8.86. The molecule has 1 saturated carbocycles. The molecule has 7 heteroatoms. The first-order valence-electron chi connectivity index (χ1n) is 6.46. The monoisotopic (exact) mass is 339 g/mol.